The Morgan fingerprint density at radius 2 is 2.08 bits per heavy atom. The van der Waals surface area contributed by atoms with E-state index in [1.165, 1.54) is 0 Å². The monoisotopic (exact) mass is 416 g/mol. The molecule has 2 aromatic heterocycles. The zero-order valence-electron chi connectivity index (χ0n) is 14.7. The standard InChI is InChI=1S/C18H21BrN6O/c1-2-26-14-5-3-4-13(10-14)11-25-18-15(16(19)23-25)17(21-12-22-18)24-8-6-20-7-9-24/h3-5,10,12,20H,2,6-9,11H2,1H3. The zero-order chi connectivity index (χ0) is 17.9. The predicted molar refractivity (Wildman–Crippen MR) is 105 cm³/mol. The molecule has 136 valence electrons. The Kier molecular flexibility index (Phi) is 5.03. The summed E-state index contributed by atoms with van der Waals surface area (Å²) >= 11 is 3.61. The number of anilines is 1. The molecule has 3 heterocycles. The Morgan fingerprint density at radius 1 is 1.23 bits per heavy atom. The summed E-state index contributed by atoms with van der Waals surface area (Å²) in [5.41, 5.74) is 1.96. The lowest BCUT2D eigenvalue weighted by Gasteiger charge is -2.28. The molecule has 26 heavy (non-hydrogen) atoms. The maximum Gasteiger partial charge on any atom is 0.164 e. The summed E-state index contributed by atoms with van der Waals surface area (Å²) in [7, 11) is 0. The lowest BCUT2D eigenvalue weighted by molar-refractivity contribution is 0.340. The van der Waals surface area contributed by atoms with Crippen LogP contribution in [-0.2, 0) is 6.54 Å². The van der Waals surface area contributed by atoms with E-state index < -0.39 is 0 Å². The molecular formula is C18H21BrN6O. The lowest BCUT2D eigenvalue weighted by atomic mass is 10.2. The summed E-state index contributed by atoms with van der Waals surface area (Å²) in [6.45, 7) is 7.05. The Hall–Kier alpha value is -2.19. The number of fused-ring (bicyclic) bond motifs is 1. The third-order valence-corrected chi connectivity index (χ3v) is 4.98. The van der Waals surface area contributed by atoms with Gasteiger partial charge in [0, 0.05) is 26.2 Å². The van der Waals surface area contributed by atoms with Crippen LogP contribution in [0.25, 0.3) is 11.0 Å². The molecular weight excluding hydrogens is 396 g/mol. The van der Waals surface area contributed by atoms with Gasteiger partial charge in [-0.15, -0.1) is 0 Å². The maximum absolute atomic E-state index is 5.60. The molecule has 0 aliphatic carbocycles. The third-order valence-electron chi connectivity index (χ3n) is 4.42. The summed E-state index contributed by atoms with van der Waals surface area (Å²) in [6.07, 6.45) is 1.63. The summed E-state index contributed by atoms with van der Waals surface area (Å²) in [6, 6.07) is 8.09. The van der Waals surface area contributed by atoms with Gasteiger partial charge in [-0.1, -0.05) is 12.1 Å². The first-order valence-corrected chi connectivity index (χ1v) is 9.60. The normalized spacial score (nSPS) is 14.8. The van der Waals surface area contributed by atoms with E-state index in [2.05, 4.69) is 47.3 Å². The SMILES string of the molecule is CCOc1cccc(Cn2nc(Br)c3c(N4CCNCC4)ncnc32)c1. The second-order valence-corrected chi connectivity index (χ2v) is 6.91. The number of aromatic nitrogens is 4. The van der Waals surface area contributed by atoms with Crippen molar-refractivity contribution < 1.29 is 4.74 Å². The number of hydrogen-bond donors (Lipinski definition) is 1. The van der Waals surface area contributed by atoms with Crippen molar-refractivity contribution >= 4 is 32.8 Å². The van der Waals surface area contributed by atoms with E-state index in [0.717, 1.165) is 58.9 Å². The molecule has 1 saturated heterocycles. The molecule has 0 unspecified atom stereocenters. The maximum atomic E-state index is 5.60. The Bertz CT molecular complexity index is 906. The smallest absolute Gasteiger partial charge is 0.164 e. The van der Waals surface area contributed by atoms with Gasteiger partial charge in [0.05, 0.1) is 18.5 Å². The van der Waals surface area contributed by atoms with Gasteiger partial charge in [-0.25, -0.2) is 14.6 Å². The number of ether oxygens (including phenoxy) is 1. The molecule has 1 aliphatic rings. The fourth-order valence-corrected chi connectivity index (χ4v) is 3.80. The average Bonchev–Trinajstić information content (AvgIpc) is 2.99. The molecule has 1 aliphatic heterocycles. The van der Waals surface area contributed by atoms with Crippen LogP contribution in [0.4, 0.5) is 5.82 Å². The van der Waals surface area contributed by atoms with Crippen LogP contribution in [0.1, 0.15) is 12.5 Å². The second kappa shape index (κ2) is 7.59. The molecule has 8 heteroatoms. The van der Waals surface area contributed by atoms with Gasteiger partial charge in [-0.05, 0) is 40.5 Å². The van der Waals surface area contributed by atoms with Crippen LogP contribution in [0.2, 0.25) is 0 Å². The third kappa shape index (κ3) is 3.39. The Balaban J connectivity index is 1.69. The van der Waals surface area contributed by atoms with E-state index in [1.807, 2.05) is 29.8 Å². The molecule has 0 atom stereocenters. The largest absolute Gasteiger partial charge is 0.494 e. The molecule has 1 fully saturated rings. The summed E-state index contributed by atoms with van der Waals surface area (Å²) in [5, 5.41) is 9.00. The second-order valence-electron chi connectivity index (χ2n) is 6.16. The molecule has 1 aromatic carbocycles. The Morgan fingerprint density at radius 3 is 2.88 bits per heavy atom. The van der Waals surface area contributed by atoms with Crippen molar-refractivity contribution in [3.05, 3.63) is 40.8 Å². The van der Waals surface area contributed by atoms with Gasteiger partial charge in [0.1, 0.15) is 22.5 Å². The van der Waals surface area contributed by atoms with Crippen molar-refractivity contribution in [2.24, 2.45) is 0 Å². The van der Waals surface area contributed by atoms with Crippen LogP contribution in [0.15, 0.2) is 35.2 Å². The first-order chi connectivity index (χ1) is 12.8. The van der Waals surface area contributed by atoms with Gasteiger partial charge in [-0.3, -0.25) is 0 Å². The Labute approximate surface area is 160 Å². The number of benzene rings is 1. The summed E-state index contributed by atoms with van der Waals surface area (Å²) in [4.78, 5) is 11.3. The van der Waals surface area contributed by atoms with Crippen molar-refractivity contribution in [1.82, 2.24) is 25.1 Å². The van der Waals surface area contributed by atoms with Crippen LogP contribution in [0, 0.1) is 0 Å². The number of piperazine rings is 1. The molecule has 4 rings (SSSR count). The lowest BCUT2D eigenvalue weighted by Crippen LogP contribution is -2.44. The number of nitrogens with one attached hydrogen (secondary N) is 1. The molecule has 1 N–H and O–H groups in total. The van der Waals surface area contributed by atoms with Gasteiger partial charge < -0.3 is 15.0 Å². The number of halogens is 1. The van der Waals surface area contributed by atoms with Crippen LogP contribution in [-0.4, -0.2) is 52.5 Å². The van der Waals surface area contributed by atoms with Gasteiger partial charge in [0.15, 0.2) is 5.65 Å². The van der Waals surface area contributed by atoms with E-state index in [-0.39, 0.29) is 0 Å². The topological polar surface area (TPSA) is 68.1 Å². The van der Waals surface area contributed by atoms with Gasteiger partial charge in [0.25, 0.3) is 0 Å². The van der Waals surface area contributed by atoms with Crippen molar-refractivity contribution in [3.63, 3.8) is 0 Å². The van der Waals surface area contributed by atoms with E-state index in [0.29, 0.717) is 13.2 Å². The number of nitrogens with zero attached hydrogens (tertiary/aromatic N) is 5. The highest BCUT2D eigenvalue weighted by atomic mass is 79.9. The van der Waals surface area contributed by atoms with E-state index >= 15 is 0 Å². The fourth-order valence-electron chi connectivity index (χ4n) is 3.25. The fraction of sp³-hybridized carbons (Fsp3) is 0.389. The highest BCUT2D eigenvalue weighted by Gasteiger charge is 2.20. The molecule has 3 aromatic rings. The van der Waals surface area contributed by atoms with Crippen molar-refractivity contribution in [3.8, 4) is 5.75 Å². The van der Waals surface area contributed by atoms with Crippen LogP contribution in [0.3, 0.4) is 0 Å². The van der Waals surface area contributed by atoms with Crippen molar-refractivity contribution in [1.29, 1.82) is 0 Å². The first kappa shape index (κ1) is 17.2. The minimum atomic E-state index is 0.626. The number of hydrogen-bond acceptors (Lipinski definition) is 6. The number of rotatable bonds is 5. The predicted octanol–water partition coefficient (Wildman–Crippen LogP) is 2.45. The highest BCUT2D eigenvalue weighted by Crippen LogP contribution is 2.30. The van der Waals surface area contributed by atoms with Gasteiger partial charge in [0.2, 0.25) is 0 Å². The van der Waals surface area contributed by atoms with Crippen LogP contribution >= 0.6 is 15.9 Å². The molecule has 0 saturated carbocycles. The van der Waals surface area contributed by atoms with Crippen molar-refractivity contribution in [2.45, 2.75) is 13.5 Å². The molecule has 0 bridgehead atoms. The van der Waals surface area contributed by atoms with E-state index in [1.54, 1.807) is 6.33 Å². The first-order valence-electron chi connectivity index (χ1n) is 8.80. The zero-order valence-corrected chi connectivity index (χ0v) is 16.2. The average molecular weight is 417 g/mol. The minimum Gasteiger partial charge on any atom is -0.494 e. The van der Waals surface area contributed by atoms with Crippen LogP contribution < -0.4 is 15.0 Å². The summed E-state index contributed by atoms with van der Waals surface area (Å²) < 4.78 is 8.29. The van der Waals surface area contributed by atoms with E-state index in [4.69, 9.17) is 4.74 Å². The molecule has 7 nitrogen and oxygen atoms in total. The van der Waals surface area contributed by atoms with Gasteiger partial charge >= 0.3 is 0 Å². The quantitative estimate of drug-likeness (QED) is 0.688. The van der Waals surface area contributed by atoms with E-state index in [9.17, 15) is 0 Å². The van der Waals surface area contributed by atoms with Crippen LogP contribution in [0.5, 0.6) is 5.75 Å². The minimum absolute atomic E-state index is 0.626. The molecule has 0 radical (unpaired) electrons. The summed E-state index contributed by atoms with van der Waals surface area (Å²) in [5.74, 6) is 1.81. The highest BCUT2D eigenvalue weighted by molar-refractivity contribution is 9.10. The van der Waals surface area contributed by atoms with Crippen molar-refractivity contribution in [2.75, 3.05) is 37.7 Å². The molecule has 0 spiro atoms. The van der Waals surface area contributed by atoms with Gasteiger partial charge in [-0.2, -0.15) is 5.10 Å². The molecule has 0 amide bonds.